The van der Waals surface area contributed by atoms with Crippen molar-refractivity contribution in [2.75, 3.05) is 6.54 Å². The Balaban J connectivity index is 1.39. The van der Waals surface area contributed by atoms with E-state index in [1.807, 2.05) is 47.8 Å². The van der Waals surface area contributed by atoms with Crippen LogP contribution >= 0.6 is 11.3 Å². The maximum atomic E-state index is 12.6. The summed E-state index contributed by atoms with van der Waals surface area (Å²) in [6.07, 6.45) is 0. The van der Waals surface area contributed by atoms with Crippen molar-refractivity contribution in [2.24, 2.45) is 0 Å². The smallest absolute Gasteiger partial charge is 0.266 e. The van der Waals surface area contributed by atoms with E-state index >= 15 is 0 Å². The van der Waals surface area contributed by atoms with E-state index in [4.69, 9.17) is 4.74 Å². The molecule has 0 aliphatic heterocycles. The molecule has 31 heavy (non-hydrogen) atoms. The zero-order chi connectivity index (χ0) is 21.7. The van der Waals surface area contributed by atoms with E-state index < -0.39 is 10.0 Å². The van der Waals surface area contributed by atoms with Gasteiger partial charge in [-0.15, -0.1) is 11.3 Å². The Bertz CT molecular complexity index is 1300. The third kappa shape index (κ3) is 5.26. The van der Waals surface area contributed by atoms with Crippen molar-refractivity contribution in [1.29, 1.82) is 0 Å². The highest BCUT2D eigenvalue weighted by atomic mass is 32.2. The minimum Gasteiger partial charge on any atom is -0.457 e. The van der Waals surface area contributed by atoms with Crippen LogP contribution in [0.5, 0.6) is 11.5 Å². The molecule has 0 amide bonds. The lowest BCUT2D eigenvalue weighted by Gasteiger charge is -2.10. The van der Waals surface area contributed by atoms with Gasteiger partial charge in [0, 0.05) is 12.6 Å². The zero-order valence-electron chi connectivity index (χ0n) is 16.3. The van der Waals surface area contributed by atoms with Gasteiger partial charge in [-0.25, -0.2) is 17.8 Å². The van der Waals surface area contributed by atoms with Crippen LogP contribution < -0.4 is 15.0 Å². The normalized spacial score (nSPS) is 11.4. The van der Waals surface area contributed by atoms with Crippen molar-refractivity contribution in [3.8, 4) is 22.1 Å². The first-order valence-corrected chi connectivity index (χ1v) is 11.8. The largest absolute Gasteiger partial charge is 0.457 e. The number of sulfonamides is 1. The second kappa shape index (κ2) is 9.25. The second-order valence-corrected chi connectivity index (χ2v) is 9.26. The van der Waals surface area contributed by atoms with Gasteiger partial charge in [0.1, 0.15) is 17.2 Å². The van der Waals surface area contributed by atoms with Crippen LogP contribution in [0.4, 0.5) is 0 Å². The fraction of sp³-hybridized carbons (Fsp3) is 0.0909. The van der Waals surface area contributed by atoms with Crippen LogP contribution in [0.2, 0.25) is 0 Å². The number of benzene rings is 2. The summed E-state index contributed by atoms with van der Waals surface area (Å²) in [6.45, 7) is 0.151. The number of para-hydroxylation sites is 1. The van der Waals surface area contributed by atoms with Crippen molar-refractivity contribution >= 4 is 21.4 Å². The van der Waals surface area contributed by atoms with Gasteiger partial charge < -0.3 is 4.74 Å². The van der Waals surface area contributed by atoms with E-state index in [1.54, 1.807) is 18.2 Å². The molecule has 0 unspecified atom stereocenters. The highest BCUT2D eigenvalue weighted by molar-refractivity contribution is 7.89. The molecule has 0 fully saturated rings. The van der Waals surface area contributed by atoms with Crippen LogP contribution in [-0.4, -0.2) is 24.7 Å². The molecule has 4 aromatic rings. The molecule has 2 aromatic heterocycles. The summed E-state index contributed by atoms with van der Waals surface area (Å²) in [6, 6.07) is 22.3. The van der Waals surface area contributed by atoms with Crippen molar-refractivity contribution in [2.45, 2.75) is 11.4 Å². The lowest BCUT2D eigenvalue weighted by atomic mass is 10.3. The van der Waals surface area contributed by atoms with Gasteiger partial charge in [-0.05, 0) is 53.9 Å². The highest BCUT2D eigenvalue weighted by Crippen LogP contribution is 2.23. The summed E-state index contributed by atoms with van der Waals surface area (Å²) in [7, 11) is -3.73. The molecule has 9 heteroatoms. The fourth-order valence-corrected chi connectivity index (χ4v) is 4.56. The topological polar surface area (TPSA) is 90.3 Å². The highest BCUT2D eigenvalue weighted by Gasteiger charge is 2.14. The molecule has 0 bridgehead atoms. The summed E-state index contributed by atoms with van der Waals surface area (Å²) in [5.41, 5.74) is 0.383. The van der Waals surface area contributed by atoms with Crippen LogP contribution in [0.25, 0.3) is 10.6 Å². The van der Waals surface area contributed by atoms with E-state index in [-0.39, 0.29) is 23.5 Å². The molecular weight excluding hydrogens is 434 g/mol. The molecule has 7 nitrogen and oxygen atoms in total. The Morgan fingerprint density at radius 3 is 2.35 bits per heavy atom. The quantitative estimate of drug-likeness (QED) is 0.439. The summed E-state index contributed by atoms with van der Waals surface area (Å²) in [5.74, 6) is 1.20. The molecule has 158 valence electrons. The van der Waals surface area contributed by atoms with Gasteiger partial charge in [0.05, 0.1) is 16.3 Å². The number of thiophene rings is 1. The minimum atomic E-state index is -3.73. The first-order chi connectivity index (χ1) is 15.0. The molecule has 0 spiro atoms. The van der Waals surface area contributed by atoms with Crippen LogP contribution in [0, 0.1) is 0 Å². The SMILES string of the molecule is O=c1ccc(-c2cccs2)nn1CCNS(=O)(=O)c1ccc(Oc2ccccc2)cc1. The summed E-state index contributed by atoms with van der Waals surface area (Å²) in [4.78, 5) is 13.1. The third-order valence-corrected chi connectivity index (χ3v) is 6.74. The number of nitrogens with zero attached hydrogens (tertiary/aromatic N) is 2. The van der Waals surface area contributed by atoms with E-state index in [0.29, 0.717) is 17.2 Å². The molecule has 2 heterocycles. The minimum absolute atomic E-state index is 0.0331. The van der Waals surface area contributed by atoms with E-state index in [9.17, 15) is 13.2 Å². The number of aromatic nitrogens is 2. The van der Waals surface area contributed by atoms with E-state index in [2.05, 4.69) is 9.82 Å². The van der Waals surface area contributed by atoms with Crippen LogP contribution in [0.3, 0.4) is 0 Å². The van der Waals surface area contributed by atoms with Gasteiger partial charge in [-0.1, -0.05) is 24.3 Å². The van der Waals surface area contributed by atoms with Gasteiger partial charge >= 0.3 is 0 Å². The average Bonchev–Trinajstić information content (AvgIpc) is 3.31. The first kappa shape index (κ1) is 21.0. The molecule has 0 saturated carbocycles. The Kier molecular flexibility index (Phi) is 6.26. The van der Waals surface area contributed by atoms with Gasteiger partial charge in [-0.3, -0.25) is 4.79 Å². The lowest BCUT2D eigenvalue weighted by Crippen LogP contribution is -2.32. The monoisotopic (exact) mass is 453 g/mol. The average molecular weight is 454 g/mol. The second-order valence-electron chi connectivity index (χ2n) is 6.54. The molecule has 1 N–H and O–H groups in total. The Hall–Kier alpha value is -3.27. The van der Waals surface area contributed by atoms with Crippen molar-refractivity contribution in [3.05, 3.63) is 94.6 Å². The molecule has 0 aliphatic carbocycles. The fourth-order valence-electron chi connectivity index (χ4n) is 2.85. The third-order valence-electron chi connectivity index (χ3n) is 4.37. The van der Waals surface area contributed by atoms with Crippen molar-refractivity contribution in [1.82, 2.24) is 14.5 Å². The van der Waals surface area contributed by atoms with E-state index in [1.165, 1.54) is 34.2 Å². The van der Waals surface area contributed by atoms with Crippen LogP contribution in [0.15, 0.2) is 93.9 Å². The van der Waals surface area contributed by atoms with Gasteiger partial charge in [0.2, 0.25) is 10.0 Å². The predicted octanol–water partition coefficient (Wildman–Crippen LogP) is 3.74. The maximum absolute atomic E-state index is 12.6. The van der Waals surface area contributed by atoms with Crippen LogP contribution in [0.1, 0.15) is 0 Å². The Labute approximate surface area is 183 Å². The standard InChI is InChI=1S/C22H19N3O4S2/c26-22-13-12-20(21-7-4-16-30-21)24-25(22)15-14-23-31(27,28)19-10-8-18(9-11-19)29-17-5-2-1-3-6-17/h1-13,16,23H,14-15H2. The predicted molar refractivity (Wildman–Crippen MR) is 120 cm³/mol. The molecular formula is C22H19N3O4S2. The summed E-state index contributed by atoms with van der Waals surface area (Å²) >= 11 is 1.52. The van der Waals surface area contributed by atoms with E-state index in [0.717, 1.165) is 4.88 Å². The molecule has 0 saturated heterocycles. The zero-order valence-corrected chi connectivity index (χ0v) is 18.0. The molecule has 0 atom stereocenters. The van der Waals surface area contributed by atoms with Gasteiger partial charge in [0.15, 0.2) is 0 Å². The molecule has 2 aromatic carbocycles. The number of rotatable bonds is 8. The van der Waals surface area contributed by atoms with Crippen molar-refractivity contribution < 1.29 is 13.2 Å². The first-order valence-electron chi connectivity index (χ1n) is 9.46. The summed E-state index contributed by atoms with van der Waals surface area (Å²) < 4.78 is 34.6. The number of hydrogen-bond acceptors (Lipinski definition) is 6. The maximum Gasteiger partial charge on any atom is 0.266 e. The Morgan fingerprint density at radius 2 is 1.65 bits per heavy atom. The molecule has 4 rings (SSSR count). The number of hydrogen-bond donors (Lipinski definition) is 1. The van der Waals surface area contributed by atoms with Gasteiger partial charge in [0.25, 0.3) is 5.56 Å². The number of nitrogens with one attached hydrogen (secondary N) is 1. The molecule has 0 radical (unpaired) electrons. The molecule has 0 aliphatic rings. The van der Waals surface area contributed by atoms with Crippen molar-refractivity contribution in [3.63, 3.8) is 0 Å². The number of ether oxygens (including phenoxy) is 1. The Morgan fingerprint density at radius 1 is 0.903 bits per heavy atom. The lowest BCUT2D eigenvalue weighted by molar-refractivity contribution is 0.482. The van der Waals surface area contributed by atoms with Gasteiger partial charge in [-0.2, -0.15) is 5.10 Å². The summed E-state index contributed by atoms with van der Waals surface area (Å²) in [5, 5.41) is 6.25. The van der Waals surface area contributed by atoms with Crippen LogP contribution in [-0.2, 0) is 16.6 Å².